The lowest BCUT2D eigenvalue weighted by Crippen LogP contribution is -2.39. The van der Waals surface area contributed by atoms with E-state index in [-0.39, 0.29) is 4.90 Å². The number of hydrogen-bond acceptors (Lipinski definition) is 6. The van der Waals surface area contributed by atoms with Crippen molar-refractivity contribution in [1.82, 2.24) is 10.7 Å². The molecule has 3 rings (SSSR count). The Kier molecular flexibility index (Phi) is 3.62. The predicted octanol–water partition coefficient (Wildman–Crippen LogP) is 2.33. The van der Waals surface area contributed by atoms with E-state index in [9.17, 15) is 17.2 Å². The highest BCUT2D eigenvalue weighted by Crippen LogP contribution is 2.26. The molecule has 1 aliphatic heterocycles. The molecule has 1 heterocycles. The van der Waals surface area contributed by atoms with Gasteiger partial charge in [0.15, 0.2) is 0 Å². The molecular weight excluding hydrogens is 330 g/mol. The minimum Gasteiger partial charge on any atom is -0.282 e. The van der Waals surface area contributed by atoms with Crippen LogP contribution in [0.3, 0.4) is 0 Å². The molecule has 2 aromatic carbocycles. The quantitative estimate of drug-likeness (QED) is 0.586. The Morgan fingerprint density at radius 2 is 2.00 bits per heavy atom. The Morgan fingerprint density at radius 3 is 2.70 bits per heavy atom. The Morgan fingerprint density at radius 1 is 1.22 bits per heavy atom. The number of hydrazone groups is 1. The number of hydrazine groups is 2. The Balaban J connectivity index is 1.98. The van der Waals surface area contributed by atoms with Crippen molar-refractivity contribution in [3.8, 4) is 0 Å². The monoisotopic (exact) mass is 340 g/mol. The number of fused-ring (bicyclic) bond motifs is 1. The highest BCUT2D eigenvalue weighted by molar-refractivity contribution is 7.85. The van der Waals surface area contributed by atoms with Gasteiger partial charge in [-0.15, -0.1) is 10.3 Å². The normalized spacial score (nSPS) is 15.0. The van der Waals surface area contributed by atoms with Gasteiger partial charge in [0.25, 0.3) is 10.1 Å². The summed E-state index contributed by atoms with van der Waals surface area (Å²) in [5.41, 5.74) is 5.21. The number of nitrogens with one attached hydrogen (secondary N) is 2. The fraction of sp³-hybridized carbons (Fsp3) is 0. The third kappa shape index (κ3) is 3.22. The predicted molar refractivity (Wildman–Crippen MR) is 80.1 cm³/mol. The molecule has 0 amide bonds. The van der Waals surface area contributed by atoms with Gasteiger partial charge in [-0.25, -0.2) is 5.43 Å². The van der Waals surface area contributed by atoms with Crippen molar-refractivity contribution in [1.29, 1.82) is 0 Å². The zero-order chi connectivity index (χ0) is 16.6. The van der Waals surface area contributed by atoms with Crippen LogP contribution in [0.5, 0.6) is 0 Å². The number of hydrogen-bond donors (Lipinski definition) is 3. The second kappa shape index (κ2) is 5.48. The zero-order valence-corrected chi connectivity index (χ0v) is 12.2. The molecule has 0 spiro atoms. The van der Waals surface area contributed by atoms with Crippen molar-refractivity contribution < 1.29 is 21.8 Å². The van der Waals surface area contributed by atoms with E-state index >= 15 is 0 Å². The summed E-state index contributed by atoms with van der Waals surface area (Å²) in [6.45, 7) is 0. The van der Waals surface area contributed by atoms with E-state index in [0.29, 0.717) is 22.5 Å². The average molecular weight is 340 g/mol. The summed E-state index contributed by atoms with van der Waals surface area (Å²) >= 11 is 0. The second-order valence-electron chi connectivity index (χ2n) is 4.61. The minimum absolute atomic E-state index is 0.253. The molecule has 0 bridgehead atoms. The SMILES string of the molecule is O=S(=O)(O)c1ccc2c(NN3N=C(F)C=C(F)N3)cccc2c1. The van der Waals surface area contributed by atoms with Gasteiger partial charge in [-0.2, -0.15) is 17.2 Å². The van der Waals surface area contributed by atoms with Crippen molar-refractivity contribution in [3.63, 3.8) is 0 Å². The van der Waals surface area contributed by atoms with Crippen LogP contribution in [-0.4, -0.2) is 24.2 Å². The summed E-state index contributed by atoms with van der Waals surface area (Å²) in [4.78, 5) is -0.253. The molecule has 7 nitrogen and oxygen atoms in total. The van der Waals surface area contributed by atoms with E-state index in [1.54, 1.807) is 18.2 Å². The molecule has 0 radical (unpaired) electrons. The van der Waals surface area contributed by atoms with Crippen LogP contribution in [0.4, 0.5) is 14.5 Å². The first-order valence-electron chi connectivity index (χ1n) is 6.28. The first-order chi connectivity index (χ1) is 10.8. The lowest BCUT2D eigenvalue weighted by atomic mass is 10.1. The summed E-state index contributed by atoms with van der Waals surface area (Å²) in [6, 6.07) is 8.80. The molecule has 0 saturated carbocycles. The maximum absolute atomic E-state index is 13.1. The van der Waals surface area contributed by atoms with Gasteiger partial charge in [0.2, 0.25) is 11.9 Å². The highest BCUT2D eigenvalue weighted by atomic mass is 32.2. The lowest BCUT2D eigenvalue weighted by molar-refractivity contribution is 0.233. The topological polar surface area (TPSA) is 94.0 Å². The summed E-state index contributed by atoms with van der Waals surface area (Å²) in [7, 11) is -4.32. The van der Waals surface area contributed by atoms with E-state index < -0.39 is 22.0 Å². The molecule has 23 heavy (non-hydrogen) atoms. The van der Waals surface area contributed by atoms with Crippen LogP contribution in [0.25, 0.3) is 10.8 Å². The van der Waals surface area contributed by atoms with Gasteiger partial charge >= 0.3 is 0 Å². The zero-order valence-electron chi connectivity index (χ0n) is 11.4. The molecular formula is C13H10F2N4O3S. The third-order valence-corrected chi connectivity index (χ3v) is 3.88. The number of benzene rings is 2. The molecule has 0 aromatic heterocycles. The summed E-state index contributed by atoms with van der Waals surface area (Å²) in [5, 5.41) is 5.21. The molecule has 1 aliphatic rings. The number of halogens is 2. The number of allylic oxidation sites excluding steroid dienone is 1. The molecule has 0 aliphatic carbocycles. The number of anilines is 1. The molecule has 10 heteroatoms. The van der Waals surface area contributed by atoms with Gasteiger partial charge in [0, 0.05) is 11.5 Å². The Hall–Kier alpha value is -2.72. The standard InChI is InChI=1S/C13H10F2N4O3S/c14-12-7-13(15)18-19(17-12)16-11-3-1-2-8-6-9(23(20,21)22)4-5-10(8)11/h1-7,16-17H,(H,20,21,22). The highest BCUT2D eigenvalue weighted by Gasteiger charge is 2.15. The van der Waals surface area contributed by atoms with Crippen molar-refractivity contribution >= 4 is 32.5 Å². The van der Waals surface area contributed by atoms with Gasteiger partial charge < -0.3 is 0 Å². The second-order valence-corrected chi connectivity index (χ2v) is 6.04. The van der Waals surface area contributed by atoms with Crippen LogP contribution in [0.15, 0.2) is 58.4 Å². The van der Waals surface area contributed by atoms with Crippen LogP contribution in [0, 0.1) is 0 Å². The van der Waals surface area contributed by atoms with Crippen LogP contribution in [0.2, 0.25) is 0 Å². The van der Waals surface area contributed by atoms with Gasteiger partial charge in [0.05, 0.1) is 10.6 Å². The first kappa shape index (κ1) is 15.2. The fourth-order valence-corrected chi connectivity index (χ4v) is 2.59. The average Bonchev–Trinajstić information content (AvgIpc) is 2.45. The van der Waals surface area contributed by atoms with Gasteiger partial charge in [0.1, 0.15) is 0 Å². The van der Waals surface area contributed by atoms with Crippen molar-refractivity contribution in [2.75, 3.05) is 5.43 Å². The molecule has 0 fully saturated rings. The van der Waals surface area contributed by atoms with Crippen LogP contribution >= 0.6 is 0 Å². The Bertz CT molecular complexity index is 943. The fourth-order valence-electron chi connectivity index (χ4n) is 2.07. The van der Waals surface area contributed by atoms with E-state index in [1.807, 2.05) is 0 Å². The largest absolute Gasteiger partial charge is 0.294 e. The third-order valence-electron chi connectivity index (χ3n) is 3.03. The van der Waals surface area contributed by atoms with Crippen LogP contribution in [-0.2, 0) is 10.1 Å². The van der Waals surface area contributed by atoms with E-state index in [0.717, 1.165) is 5.23 Å². The molecule has 0 unspecified atom stereocenters. The smallest absolute Gasteiger partial charge is 0.282 e. The van der Waals surface area contributed by atoms with E-state index in [4.69, 9.17) is 4.55 Å². The maximum atomic E-state index is 13.1. The summed E-state index contributed by atoms with van der Waals surface area (Å²) in [6.07, 6.45) is 0.583. The summed E-state index contributed by atoms with van der Waals surface area (Å²) < 4.78 is 57.6. The molecule has 0 saturated heterocycles. The molecule has 3 N–H and O–H groups in total. The molecule has 120 valence electrons. The maximum Gasteiger partial charge on any atom is 0.294 e. The van der Waals surface area contributed by atoms with Gasteiger partial charge in [-0.1, -0.05) is 18.2 Å². The van der Waals surface area contributed by atoms with Gasteiger partial charge in [-0.05, 0) is 23.6 Å². The number of rotatable bonds is 3. The van der Waals surface area contributed by atoms with E-state index in [2.05, 4.69) is 16.0 Å². The van der Waals surface area contributed by atoms with Crippen molar-refractivity contribution in [2.24, 2.45) is 5.10 Å². The molecule has 2 aromatic rings. The van der Waals surface area contributed by atoms with Crippen molar-refractivity contribution in [2.45, 2.75) is 4.90 Å². The van der Waals surface area contributed by atoms with Gasteiger partial charge in [-0.3, -0.25) is 9.98 Å². The lowest BCUT2D eigenvalue weighted by Gasteiger charge is -2.23. The minimum atomic E-state index is -4.32. The Labute approximate surface area is 129 Å². The van der Waals surface area contributed by atoms with Crippen LogP contribution < -0.4 is 10.9 Å². The van der Waals surface area contributed by atoms with Crippen molar-refractivity contribution in [3.05, 3.63) is 48.4 Å². The molecule has 0 atom stereocenters. The number of nitrogens with zero attached hydrogens (tertiary/aromatic N) is 2. The first-order valence-corrected chi connectivity index (χ1v) is 7.72. The van der Waals surface area contributed by atoms with Crippen LogP contribution in [0.1, 0.15) is 0 Å². The van der Waals surface area contributed by atoms with E-state index in [1.165, 1.54) is 18.2 Å². The summed E-state index contributed by atoms with van der Waals surface area (Å²) in [5.74, 6) is -1.96.